The first-order chi connectivity index (χ1) is 7.66. The van der Waals surface area contributed by atoms with Crippen LogP contribution in [0.25, 0.3) is 0 Å². The van der Waals surface area contributed by atoms with Gasteiger partial charge in [-0.1, -0.05) is 6.07 Å². The summed E-state index contributed by atoms with van der Waals surface area (Å²) in [6.07, 6.45) is 0.937. The minimum absolute atomic E-state index is 0.144. The summed E-state index contributed by atoms with van der Waals surface area (Å²) in [5, 5.41) is 0. The predicted octanol–water partition coefficient (Wildman–Crippen LogP) is 3.59. The molecule has 0 heterocycles. The second kappa shape index (κ2) is 6.76. The molecule has 0 atom stereocenters. The van der Waals surface area contributed by atoms with Crippen LogP contribution in [0.2, 0.25) is 0 Å². The Morgan fingerprint density at radius 2 is 2.25 bits per heavy atom. The number of halogens is 2. The monoisotopic (exact) mass is 288 g/mol. The van der Waals surface area contributed by atoms with Crippen molar-refractivity contribution in [3.05, 3.63) is 34.1 Å². The first-order valence-electron chi connectivity index (χ1n) is 5.21. The Kier molecular flexibility index (Phi) is 5.63. The number of benzene rings is 1. The predicted molar refractivity (Wildman–Crippen MR) is 64.2 cm³/mol. The molecule has 0 unspecified atom stereocenters. The number of Topliss-reactive ketones (excluding diaryl/α,β-unsaturated/α-hetero) is 1. The lowest BCUT2D eigenvalue weighted by Crippen LogP contribution is -2.05. The molecule has 0 saturated heterocycles. The first kappa shape index (κ1) is 13.3. The van der Waals surface area contributed by atoms with Gasteiger partial charge in [0, 0.05) is 19.6 Å². The summed E-state index contributed by atoms with van der Waals surface area (Å²) in [4.78, 5) is 11.7. The van der Waals surface area contributed by atoms with Crippen LogP contribution in [0.5, 0.6) is 0 Å². The van der Waals surface area contributed by atoms with Crippen LogP contribution >= 0.6 is 15.9 Å². The molecular formula is C12H14BrFO2. The Hall–Kier alpha value is -0.740. The maximum Gasteiger partial charge on any atom is 0.165 e. The average Bonchev–Trinajstić information content (AvgIpc) is 2.28. The summed E-state index contributed by atoms with van der Waals surface area (Å²) >= 11 is 3.06. The van der Waals surface area contributed by atoms with Crippen molar-refractivity contribution >= 4 is 21.7 Å². The van der Waals surface area contributed by atoms with Crippen LogP contribution in [0.1, 0.15) is 30.1 Å². The molecule has 1 aromatic rings. The summed E-state index contributed by atoms with van der Waals surface area (Å²) in [5.74, 6) is -0.664. The number of hydrogen-bond acceptors (Lipinski definition) is 2. The molecule has 0 radical (unpaired) electrons. The molecule has 0 bridgehead atoms. The lowest BCUT2D eigenvalue weighted by Gasteiger charge is -2.04. The van der Waals surface area contributed by atoms with Crippen molar-refractivity contribution < 1.29 is 13.9 Å². The highest BCUT2D eigenvalue weighted by Gasteiger charge is 2.13. The molecule has 1 rings (SSSR count). The minimum Gasteiger partial charge on any atom is -0.382 e. The fourth-order valence-corrected chi connectivity index (χ4v) is 1.70. The lowest BCUT2D eigenvalue weighted by molar-refractivity contribution is 0.0943. The quantitative estimate of drug-likeness (QED) is 0.591. The fourth-order valence-electron chi connectivity index (χ4n) is 1.33. The SMILES string of the molecule is CCOCCCC(=O)c1cccc(Br)c1F. The van der Waals surface area contributed by atoms with Crippen LogP contribution in [-0.4, -0.2) is 19.0 Å². The van der Waals surface area contributed by atoms with Gasteiger partial charge in [0.2, 0.25) is 0 Å². The molecule has 0 aliphatic rings. The Bertz CT molecular complexity index is 366. The molecule has 88 valence electrons. The Morgan fingerprint density at radius 3 is 2.94 bits per heavy atom. The minimum atomic E-state index is -0.482. The third-order valence-electron chi connectivity index (χ3n) is 2.15. The highest BCUT2D eigenvalue weighted by Crippen LogP contribution is 2.20. The van der Waals surface area contributed by atoms with Crippen LogP contribution in [-0.2, 0) is 4.74 Å². The zero-order valence-corrected chi connectivity index (χ0v) is 10.7. The number of carbonyl (C=O) groups excluding carboxylic acids is 1. The molecule has 0 aliphatic carbocycles. The average molecular weight is 289 g/mol. The van der Waals surface area contributed by atoms with E-state index < -0.39 is 5.82 Å². The van der Waals surface area contributed by atoms with Gasteiger partial charge in [-0.15, -0.1) is 0 Å². The largest absolute Gasteiger partial charge is 0.382 e. The number of carbonyl (C=O) groups is 1. The number of hydrogen-bond donors (Lipinski definition) is 0. The van der Waals surface area contributed by atoms with Gasteiger partial charge in [0.1, 0.15) is 5.82 Å². The third kappa shape index (κ3) is 3.68. The van der Waals surface area contributed by atoms with Crippen molar-refractivity contribution in [2.75, 3.05) is 13.2 Å². The fraction of sp³-hybridized carbons (Fsp3) is 0.417. The van der Waals surface area contributed by atoms with Crippen molar-refractivity contribution in [1.82, 2.24) is 0 Å². The normalized spacial score (nSPS) is 10.4. The summed E-state index contributed by atoms with van der Waals surface area (Å²) in [7, 11) is 0. The van der Waals surface area contributed by atoms with E-state index in [1.165, 1.54) is 6.07 Å². The van der Waals surface area contributed by atoms with Gasteiger partial charge >= 0.3 is 0 Å². The summed E-state index contributed by atoms with van der Waals surface area (Å²) in [6, 6.07) is 4.73. The van der Waals surface area contributed by atoms with Gasteiger partial charge in [-0.2, -0.15) is 0 Å². The topological polar surface area (TPSA) is 26.3 Å². The molecule has 16 heavy (non-hydrogen) atoms. The molecule has 1 aromatic carbocycles. The Morgan fingerprint density at radius 1 is 1.50 bits per heavy atom. The van der Waals surface area contributed by atoms with Gasteiger partial charge in [0.25, 0.3) is 0 Å². The molecule has 0 aliphatic heterocycles. The van der Waals surface area contributed by atoms with Gasteiger partial charge in [-0.05, 0) is 41.4 Å². The van der Waals surface area contributed by atoms with Gasteiger partial charge in [0.05, 0.1) is 10.0 Å². The van der Waals surface area contributed by atoms with Crippen molar-refractivity contribution in [2.24, 2.45) is 0 Å². The van der Waals surface area contributed by atoms with E-state index in [0.29, 0.717) is 30.5 Å². The van der Waals surface area contributed by atoms with Crippen LogP contribution in [0.15, 0.2) is 22.7 Å². The molecule has 0 fully saturated rings. The molecule has 0 N–H and O–H groups in total. The molecule has 0 saturated carbocycles. The van der Waals surface area contributed by atoms with Crippen LogP contribution < -0.4 is 0 Å². The highest BCUT2D eigenvalue weighted by molar-refractivity contribution is 9.10. The first-order valence-corrected chi connectivity index (χ1v) is 6.01. The van der Waals surface area contributed by atoms with Crippen LogP contribution in [0, 0.1) is 5.82 Å². The molecule has 2 nitrogen and oxygen atoms in total. The van der Waals surface area contributed by atoms with E-state index >= 15 is 0 Å². The van der Waals surface area contributed by atoms with Crippen LogP contribution in [0.3, 0.4) is 0 Å². The number of rotatable bonds is 6. The summed E-state index contributed by atoms with van der Waals surface area (Å²) in [6.45, 7) is 3.08. The summed E-state index contributed by atoms with van der Waals surface area (Å²) in [5.41, 5.74) is 0.144. The van der Waals surface area contributed by atoms with Gasteiger partial charge in [0.15, 0.2) is 5.78 Å². The second-order valence-electron chi connectivity index (χ2n) is 3.33. The maximum atomic E-state index is 13.5. The number of ether oxygens (including phenoxy) is 1. The molecule has 0 spiro atoms. The zero-order valence-electron chi connectivity index (χ0n) is 9.13. The van der Waals surface area contributed by atoms with E-state index in [4.69, 9.17) is 4.74 Å². The molecule has 0 aromatic heterocycles. The van der Waals surface area contributed by atoms with Crippen molar-refractivity contribution in [3.8, 4) is 0 Å². The Labute approximate surface area is 103 Å². The summed E-state index contributed by atoms with van der Waals surface area (Å²) < 4.78 is 19.0. The highest BCUT2D eigenvalue weighted by atomic mass is 79.9. The number of ketones is 1. The van der Waals surface area contributed by atoms with Crippen molar-refractivity contribution in [1.29, 1.82) is 0 Å². The van der Waals surface area contributed by atoms with Crippen molar-refractivity contribution in [2.45, 2.75) is 19.8 Å². The van der Waals surface area contributed by atoms with Gasteiger partial charge in [-0.3, -0.25) is 4.79 Å². The van der Waals surface area contributed by atoms with Crippen molar-refractivity contribution in [3.63, 3.8) is 0 Å². The van der Waals surface area contributed by atoms with E-state index in [1.54, 1.807) is 12.1 Å². The van der Waals surface area contributed by atoms with Crippen LogP contribution in [0.4, 0.5) is 4.39 Å². The maximum absolute atomic E-state index is 13.5. The van der Waals surface area contributed by atoms with E-state index in [0.717, 1.165) is 0 Å². The van der Waals surface area contributed by atoms with E-state index in [1.807, 2.05) is 6.92 Å². The Balaban J connectivity index is 2.56. The molecular weight excluding hydrogens is 275 g/mol. The standard InChI is InChI=1S/C12H14BrFO2/c1-2-16-8-4-7-11(15)9-5-3-6-10(13)12(9)14/h3,5-6H,2,4,7-8H2,1H3. The third-order valence-corrected chi connectivity index (χ3v) is 2.76. The molecule has 4 heteroatoms. The van der Waals surface area contributed by atoms with Gasteiger partial charge in [-0.25, -0.2) is 4.39 Å². The smallest absolute Gasteiger partial charge is 0.165 e. The lowest BCUT2D eigenvalue weighted by atomic mass is 10.1. The van der Waals surface area contributed by atoms with E-state index in [2.05, 4.69) is 15.9 Å². The zero-order chi connectivity index (χ0) is 12.0. The van der Waals surface area contributed by atoms with E-state index in [-0.39, 0.29) is 11.3 Å². The van der Waals surface area contributed by atoms with Gasteiger partial charge < -0.3 is 4.74 Å². The second-order valence-corrected chi connectivity index (χ2v) is 4.18. The van der Waals surface area contributed by atoms with E-state index in [9.17, 15) is 9.18 Å². The molecule has 0 amide bonds.